The van der Waals surface area contributed by atoms with Gasteiger partial charge in [0.25, 0.3) is 5.91 Å². The molecule has 1 aromatic heterocycles. The van der Waals surface area contributed by atoms with Gasteiger partial charge in [-0.2, -0.15) is 13.2 Å². The van der Waals surface area contributed by atoms with Gasteiger partial charge in [-0.1, -0.05) is 0 Å². The summed E-state index contributed by atoms with van der Waals surface area (Å²) in [5.41, 5.74) is -0.110. The minimum atomic E-state index is -4.60. The van der Waals surface area contributed by atoms with Crippen molar-refractivity contribution in [2.75, 3.05) is 13.2 Å². The van der Waals surface area contributed by atoms with Gasteiger partial charge in [0.05, 0.1) is 11.6 Å². The van der Waals surface area contributed by atoms with Gasteiger partial charge >= 0.3 is 6.18 Å². The van der Waals surface area contributed by atoms with Crippen LogP contribution in [0, 0.1) is 0 Å². The third-order valence-electron chi connectivity index (χ3n) is 2.56. The van der Waals surface area contributed by atoms with E-state index in [0.29, 0.717) is 17.9 Å². The summed E-state index contributed by atoms with van der Waals surface area (Å²) in [5.74, 6) is -0.750. The number of rotatable bonds is 3. The highest BCUT2D eigenvalue weighted by atomic mass is 32.1. The van der Waals surface area contributed by atoms with E-state index in [1.54, 1.807) is 0 Å². The first kappa shape index (κ1) is 13.3. The highest BCUT2D eigenvalue weighted by Crippen LogP contribution is 2.32. The fourth-order valence-electron chi connectivity index (χ4n) is 1.70. The molecule has 0 aromatic carbocycles. The molecule has 2 heterocycles. The molecule has 1 fully saturated rings. The van der Waals surface area contributed by atoms with Crippen LogP contribution in [0.3, 0.4) is 0 Å². The standard InChI is InChI=1S/C10H11F3N2O2S/c11-10(12,13)8-7(18-5-15-8)9(16)14-4-6-2-1-3-17-6/h5-6H,1-4H2,(H,14,16). The number of hydrogen-bond acceptors (Lipinski definition) is 4. The molecule has 18 heavy (non-hydrogen) atoms. The van der Waals surface area contributed by atoms with E-state index in [4.69, 9.17) is 4.74 Å². The number of halogens is 3. The molecule has 2 rings (SSSR count). The Hall–Kier alpha value is -1.15. The van der Waals surface area contributed by atoms with Crippen LogP contribution in [-0.2, 0) is 10.9 Å². The topological polar surface area (TPSA) is 51.2 Å². The first-order valence-electron chi connectivity index (χ1n) is 5.39. The Morgan fingerprint density at radius 2 is 2.39 bits per heavy atom. The van der Waals surface area contributed by atoms with Gasteiger partial charge in [-0.3, -0.25) is 4.79 Å². The molecule has 100 valence electrons. The van der Waals surface area contributed by atoms with Crippen molar-refractivity contribution in [1.29, 1.82) is 0 Å². The van der Waals surface area contributed by atoms with Crippen molar-refractivity contribution in [2.45, 2.75) is 25.1 Å². The van der Waals surface area contributed by atoms with E-state index in [9.17, 15) is 18.0 Å². The summed E-state index contributed by atoms with van der Waals surface area (Å²) in [6.07, 6.45) is -2.98. The maximum absolute atomic E-state index is 12.5. The Morgan fingerprint density at radius 3 is 3.00 bits per heavy atom. The number of carbonyl (C=O) groups excluding carboxylic acids is 1. The van der Waals surface area contributed by atoms with Crippen molar-refractivity contribution < 1.29 is 22.7 Å². The van der Waals surface area contributed by atoms with Crippen molar-refractivity contribution in [2.24, 2.45) is 0 Å². The lowest BCUT2D eigenvalue weighted by Crippen LogP contribution is -2.32. The second-order valence-electron chi connectivity index (χ2n) is 3.87. The summed E-state index contributed by atoms with van der Waals surface area (Å²) in [6, 6.07) is 0. The van der Waals surface area contributed by atoms with E-state index in [1.807, 2.05) is 0 Å². The largest absolute Gasteiger partial charge is 0.434 e. The molecule has 8 heteroatoms. The quantitative estimate of drug-likeness (QED) is 0.922. The van der Waals surface area contributed by atoms with Gasteiger partial charge in [0, 0.05) is 13.2 Å². The van der Waals surface area contributed by atoms with E-state index in [2.05, 4.69) is 10.3 Å². The number of nitrogens with zero attached hydrogens (tertiary/aromatic N) is 1. The van der Waals surface area contributed by atoms with Crippen LogP contribution >= 0.6 is 11.3 Å². The van der Waals surface area contributed by atoms with Crippen molar-refractivity contribution in [1.82, 2.24) is 10.3 Å². The molecule has 1 N–H and O–H groups in total. The molecule has 1 aliphatic heterocycles. The van der Waals surface area contributed by atoms with Crippen LogP contribution in [0.5, 0.6) is 0 Å². The lowest BCUT2D eigenvalue weighted by atomic mass is 10.2. The number of nitrogens with one attached hydrogen (secondary N) is 1. The van der Waals surface area contributed by atoms with Crippen LogP contribution in [0.1, 0.15) is 28.2 Å². The van der Waals surface area contributed by atoms with Crippen molar-refractivity contribution in [3.05, 3.63) is 16.1 Å². The second kappa shape index (κ2) is 5.23. The van der Waals surface area contributed by atoms with Crippen LogP contribution in [-0.4, -0.2) is 30.1 Å². The molecule has 1 saturated heterocycles. The molecule has 1 atom stereocenters. The van der Waals surface area contributed by atoms with E-state index in [1.165, 1.54) is 0 Å². The summed E-state index contributed by atoms with van der Waals surface area (Å²) >= 11 is 0.683. The van der Waals surface area contributed by atoms with Crippen LogP contribution in [0.25, 0.3) is 0 Å². The summed E-state index contributed by atoms with van der Waals surface area (Å²) in [6.45, 7) is 0.864. The monoisotopic (exact) mass is 280 g/mol. The zero-order valence-electron chi connectivity index (χ0n) is 9.29. The lowest BCUT2D eigenvalue weighted by molar-refractivity contribution is -0.141. The van der Waals surface area contributed by atoms with Gasteiger partial charge in [-0.25, -0.2) is 4.98 Å². The minimum Gasteiger partial charge on any atom is -0.376 e. The fourth-order valence-corrected chi connectivity index (χ4v) is 2.42. The van der Waals surface area contributed by atoms with Gasteiger partial charge in [-0.15, -0.1) is 11.3 Å². The van der Waals surface area contributed by atoms with Crippen molar-refractivity contribution in [3.63, 3.8) is 0 Å². The maximum atomic E-state index is 12.5. The Bertz CT molecular complexity index is 427. The number of aromatic nitrogens is 1. The average Bonchev–Trinajstić information content (AvgIpc) is 2.95. The SMILES string of the molecule is O=C(NCC1CCCO1)c1scnc1C(F)(F)F. The summed E-state index contributed by atoms with van der Waals surface area (Å²) in [5, 5.41) is 2.45. The van der Waals surface area contributed by atoms with Crippen LogP contribution in [0.2, 0.25) is 0 Å². The molecule has 0 saturated carbocycles. The molecule has 0 radical (unpaired) electrons. The molecule has 4 nitrogen and oxygen atoms in total. The minimum absolute atomic E-state index is 0.101. The third kappa shape index (κ3) is 2.99. The molecule has 1 aromatic rings. The Kier molecular flexibility index (Phi) is 3.86. The smallest absolute Gasteiger partial charge is 0.376 e. The normalized spacial score (nSPS) is 20.1. The van der Waals surface area contributed by atoms with E-state index >= 15 is 0 Å². The molecule has 0 aliphatic carbocycles. The van der Waals surface area contributed by atoms with Gasteiger partial charge in [0.2, 0.25) is 0 Å². The van der Waals surface area contributed by atoms with Gasteiger partial charge in [0.15, 0.2) is 5.69 Å². The highest BCUT2D eigenvalue weighted by molar-refractivity contribution is 7.11. The lowest BCUT2D eigenvalue weighted by Gasteiger charge is -2.11. The number of carbonyl (C=O) groups is 1. The molecule has 0 bridgehead atoms. The van der Waals surface area contributed by atoms with Gasteiger partial charge in [0.1, 0.15) is 4.88 Å². The molecular formula is C10H11F3N2O2S. The zero-order valence-corrected chi connectivity index (χ0v) is 10.1. The van der Waals surface area contributed by atoms with Gasteiger partial charge in [-0.05, 0) is 12.8 Å². The fraction of sp³-hybridized carbons (Fsp3) is 0.600. The summed E-state index contributed by atoms with van der Waals surface area (Å²) in [4.78, 5) is 14.4. The number of amides is 1. The average molecular weight is 280 g/mol. The van der Waals surface area contributed by atoms with Crippen molar-refractivity contribution >= 4 is 17.2 Å². The van der Waals surface area contributed by atoms with Gasteiger partial charge < -0.3 is 10.1 Å². The third-order valence-corrected chi connectivity index (χ3v) is 3.38. The predicted octanol–water partition coefficient (Wildman–Crippen LogP) is 2.07. The first-order valence-corrected chi connectivity index (χ1v) is 6.27. The summed E-state index contributed by atoms with van der Waals surface area (Å²) < 4.78 is 42.8. The molecule has 1 amide bonds. The molecule has 1 unspecified atom stereocenters. The predicted molar refractivity (Wildman–Crippen MR) is 58.4 cm³/mol. The van der Waals surface area contributed by atoms with Crippen LogP contribution in [0.15, 0.2) is 5.51 Å². The van der Waals surface area contributed by atoms with E-state index < -0.39 is 22.7 Å². The van der Waals surface area contributed by atoms with E-state index in [-0.39, 0.29) is 12.6 Å². The Balaban J connectivity index is 1.98. The molecular weight excluding hydrogens is 269 g/mol. The number of alkyl halides is 3. The van der Waals surface area contributed by atoms with Crippen LogP contribution in [0.4, 0.5) is 13.2 Å². The molecule has 0 spiro atoms. The second-order valence-corrected chi connectivity index (χ2v) is 4.73. The number of thiazole rings is 1. The van der Waals surface area contributed by atoms with E-state index in [0.717, 1.165) is 18.4 Å². The zero-order chi connectivity index (χ0) is 13.2. The molecule has 1 aliphatic rings. The number of ether oxygens (including phenoxy) is 1. The highest BCUT2D eigenvalue weighted by Gasteiger charge is 2.38. The number of hydrogen-bond donors (Lipinski definition) is 1. The first-order chi connectivity index (χ1) is 8.48. The maximum Gasteiger partial charge on any atom is 0.434 e. The Morgan fingerprint density at radius 1 is 1.61 bits per heavy atom. The van der Waals surface area contributed by atoms with Crippen LogP contribution < -0.4 is 5.32 Å². The Labute approximate surface area is 105 Å². The summed E-state index contributed by atoms with van der Waals surface area (Å²) in [7, 11) is 0. The van der Waals surface area contributed by atoms with Crippen molar-refractivity contribution in [3.8, 4) is 0 Å².